The molecular weight excluding hydrogens is 478 g/mol. The molecule has 0 heterocycles. The van der Waals surface area contributed by atoms with Crippen LogP contribution in [0.3, 0.4) is 0 Å². The van der Waals surface area contributed by atoms with Crippen LogP contribution in [0.1, 0.15) is 91.9 Å². The van der Waals surface area contributed by atoms with Crippen LogP contribution >= 0.6 is 0 Å². The number of hydrogen-bond acceptors (Lipinski definition) is 5. The summed E-state index contributed by atoms with van der Waals surface area (Å²) in [5.41, 5.74) is 0.406. The number of aliphatic hydroxyl groups excluding tert-OH is 2. The first kappa shape index (κ1) is 28.3. The van der Waals surface area contributed by atoms with Gasteiger partial charge in [0.1, 0.15) is 0 Å². The molecule has 0 aromatic carbocycles. The number of fused-ring (bicyclic) bond motifs is 5. The Labute approximate surface area is 218 Å². The molecule has 0 radical (unpaired) electrons. The van der Waals surface area contributed by atoms with Crippen molar-refractivity contribution in [1.82, 2.24) is 4.90 Å². The largest absolute Gasteiger partial charge is 0.393 e. The van der Waals surface area contributed by atoms with Crippen LogP contribution < -0.4 is 0 Å². The van der Waals surface area contributed by atoms with Crippen molar-refractivity contribution in [3.63, 3.8) is 0 Å². The predicted molar refractivity (Wildman–Crippen MR) is 140 cm³/mol. The summed E-state index contributed by atoms with van der Waals surface area (Å²) in [5.74, 6) is 2.26. The van der Waals surface area contributed by atoms with E-state index in [0.29, 0.717) is 48.5 Å². The minimum atomic E-state index is -4.08. The molecule has 0 spiro atoms. The van der Waals surface area contributed by atoms with E-state index >= 15 is 0 Å². The van der Waals surface area contributed by atoms with Crippen molar-refractivity contribution in [1.29, 1.82) is 0 Å². The second kappa shape index (κ2) is 10.5. The van der Waals surface area contributed by atoms with Crippen molar-refractivity contribution in [3.05, 3.63) is 0 Å². The Hall–Kier alpha value is -0.700. The van der Waals surface area contributed by atoms with E-state index in [1.165, 1.54) is 11.3 Å². The predicted octanol–water partition coefficient (Wildman–Crippen LogP) is 4.13. The van der Waals surface area contributed by atoms with Crippen molar-refractivity contribution in [2.75, 3.05) is 18.8 Å². The van der Waals surface area contributed by atoms with Crippen molar-refractivity contribution in [2.24, 2.45) is 46.3 Å². The quantitative estimate of drug-likeness (QED) is 0.409. The van der Waals surface area contributed by atoms with Gasteiger partial charge in [-0.15, -0.1) is 0 Å². The second-order valence-electron chi connectivity index (χ2n) is 13.2. The Kier molecular flexibility index (Phi) is 8.23. The average molecular weight is 528 g/mol. The third kappa shape index (κ3) is 5.26. The molecule has 4 aliphatic carbocycles. The highest BCUT2D eigenvalue weighted by molar-refractivity contribution is 7.85. The van der Waals surface area contributed by atoms with Gasteiger partial charge < -0.3 is 15.1 Å². The van der Waals surface area contributed by atoms with Gasteiger partial charge in [0, 0.05) is 19.5 Å². The molecule has 10 atom stereocenters. The molecule has 0 aromatic heterocycles. The van der Waals surface area contributed by atoms with E-state index in [-0.39, 0.29) is 35.5 Å². The molecule has 0 unspecified atom stereocenters. The highest BCUT2D eigenvalue weighted by Gasteiger charge is 2.62. The van der Waals surface area contributed by atoms with E-state index in [9.17, 15) is 23.4 Å². The van der Waals surface area contributed by atoms with Crippen LogP contribution in [0, 0.1) is 46.3 Å². The summed E-state index contributed by atoms with van der Waals surface area (Å²) in [4.78, 5) is 14.3. The van der Waals surface area contributed by atoms with Crippen molar-refractivity contribution < 1.29 is 28.0 Å². The standard InChI is InChI=1S/C28H49NO6S/c1-5-29(14-15-36(33,34)35)25(32)9-6-18(2)21-7-8-22-26-23(11-13-28(21,22)4)27(3)12-10-20(30)16-19(27)17-24(26)31/h18-24,26,30-31H,5-17H2,1-4H3,(H,33,34,35)/t18-,19+,20-,21-,22+,23+,24-,26+,27+,28-/m1/s1. The number of hydrogen-bond donors (Lipinski definition) is 3. The first-order valence-corrected chi connectivity index (χ1v) is 16.0. The molecule has 0 saturated heterocycles. The van der Waals surface area contributed by atoms with E-state index in [4.69, 9.17) is 4.55 Å². The molecule has 4 rings (SSSR count). The Morgan fingerprint density at radius 2 is 1.69 bits per heavy atom. The van der Waals surface area contributed by atoms with E-state index in [1.807, 2.05) is 6.92 Å². The van der Waals surface area contributed by atoms with Gasteiger partial charge in [0.15, 0.2) is 0 Å². The number of rotatable bonds is 8. The van der Waals surface area contributed by atoms with Gasteiger partial charge in [-0.3, -0.25) is 9.35 Å². The maximum atomic E-state index is 12.8. The Morgan fingerprint density at radius 1 is 1.03 bits per heavy atom. The summed E-state index contributed by atoms with van der Waals surface area (Å²) in [6.45, 7) is 9.45. The topological polar surface area (TPSA) is 115 Å². The van der Waals surface area contributed by atoms with Crippen LogP contribution in [0.15, 0.2) is 0 Å². The van der Waals surface area contributed by atoms with Crippen LogP contribution in [0.25, 0.3) is 0 Å². The second-order valence-corrected chi connectivity index (χ2v) is 14.8. The van der Waals surface area contributed by atoms with E-state index in [0.717, 1.165) is 51.4 Å². The monoisotopic (exact) mass is 527 g/mol. The fourth-order valence-electron chi connectivity index (χ4n) is 9.57. The number of carbonyl (C=O) groups excluding carboxylic acids is 1. The lowest BCUT2D eigenvalue weighted by atomic mass is 9.43. The van der Waals surface area contributed by atoms with Crippen molar-refractivity contribution >= 4 is 16.0 Å². The van der Waals surface area contributed by atoms with E-state index < -0.39 is 15.9 Å². The summed E-state index contributed by atoms with van der Waals surface area (Å²) in [6.07, 6.45) is 8.94. The van der Waals surface area contributed by atoms with Gasteiger partial charge in [-0.2, -0.15) is 8.42 Å². The molecule has 3 N–H and O–H groups in total. The Bertz CT molecular complexity index is 910. The van der Waals surface area contributed by atoms with Crippen molar-refractivity contribution in [3.8, 4) is 0 Å². The first-order valence-electron chi connectivity index (χ1n) is 14.4. The summed E-state index contributed by atoms with van der Waals surface area (Å²) < 4.78 is 31.3. The lowest BCUT2D eigenvalue weighted by molar-refractivity contribution is -0.174. The molecular formula is C28H49NO6S. The third-order valence-electron chi connectivity index (χ3n) is 11.6. The zero-order valence-electron chi connectivity index (χ0n) is 22.7. The van der Waals surface area contributed by atoms with Gasteiger partial charge in [0.2, 0.25) is 5.91 Å². The van der Waals surface area contributed by atoms with Crippen LogP contribution in [-0.2, 0) is 14.9 Å². The van der Waals surface area contributed by atoms with E-state index in [1.54, 1.807) is 0 Å². The van der Waals surface area contributed by atoms with Crippen LogP contribution in [0.4, 0.5) is 0 Å². The summed E-state index contributed by atoms with van der Waals surface area (Å²) in [6, 6.07) is 0. The van der Waals surface area contributed by atoms with Gasteiger partial charge in [0.25, 0.3) is 10.1 Å². The molecule has 4 fully saturated rings. The SMILES string of the molecule is CCN(CCS(=O)(=O)O)C(=O)CC[C@@H](C)[C@H]1CC[C@H]2[C@@H]3[C@H](O)C[C@@H]4C[C@H](O)CC[C@]4(C)[C@H]3CC[C@]12C. The molecule has 36 heavy (non-hydrogen) atoms. The molecule has 7 nitrogen and oxygen atoms in total. The minimum absolute atomic E-state index is 0.0313. The molecule has 0 bridgehead atoms. The molecule has 4 aliphatic rings. The molecule has 208 valence electrons. The lowest BCUT2D eigenvalue weighted by Crippen LogP contribution is -2.58. The summed E-state index contributed by atoms with van der Waals surface area (Å²) in [5, 5.41) is 21.7. The minimum Gasteiger partial charge on any atom is -0.393 e. The first-order chi connectivity index (χ1) is 16.8. The molecule has 1 amide bonds. The highest BCUT2D eigenvalue weighted by atomic mass is 32.2. The normalized spacial score (nSPS) is 43.2. The molecule has 0 aromatic rings. The molecule has 8 heteroatoms. The number of aliphatic hydroxyl groups is 2. The fraction of sp³-hybridized carbons (Fsp3) is 0.964. The van der Waals surface area contributed by atoms with Crippen molar-refractivity contribution in [2.45, 2.75) is 104 Å². The van der Waals surface area contributed by atoms with Gasteiger partial charge in [0.05, 0.1) is 18.0 Å². The number of amides is 1. The van der Waals surface area contributed by atoms with Crippen LogP contribution in [-0.4, -0.2) is 65.0 Å². The number of carbonyl (C=O) groups is 1. The maximum absolute atomic E-state index is 12.8. The lowest BCUT2D eigenvalue weighted by Gasteiger charge is -2.62. The van der Waals surface area contributed by atoms with Gasteiger partial charge in [-0.25, -0.2) is 0 Å². The number of nitrogens with zero attached hydrogens (tertiary/aromatic N) is 1. The smallest absolute Gasteiger partial charge is 0.266 e. The zero-order valence-corrected chi connectivity index (χ0v) is 23.5. The molecule has 0 aliphatic heterocycles. The zero-order chi connectivity index (χ0) is 26.5. The molecule has 4 saturated carbocycles. The maximum Gasteiger partial charge on any atom is 0.266 e. The fourth-order valence-corrected chi connectivity index (χ4v) is 10.0. The third-order valence-corrected chi connectivity index (χ3v) is 12.3. The van der Waals surface area contributed by atoms with E-state index in [2.05, 4.69) is 20.8 Å². The van der Waals surface area contributed by atoms with Gasteiger partial charge in [-0.1, -0.05) is 20.8 Å². The van der Waals surface area contributed by atoms with Gasteiger partial charge in [-0.05, 0) is 111 Å². The highest BCUT2D eigenvalue weighted by Crippen LogP contribution is 2.68. The Balaban J connectivity index is 1.41. The van der Waals surface area contributed by atoms with Crippen LogP contribution in [0.2, 0.25) is 0 Å². The Morgan fingerprint density at radius 3 is 2.36 bits per heavy atom. The van der Waals surface area contributed by atoms with Crippen LogP contribution in [0.5, 0.6) is 0 Å². The summed E-state index contributed by atoms with van der Waals surface area (Å²) in [7, 11) is -4.08. The summed E-state index contributed by atoms with van der Waals surface area (Å²) >= 11 is 0. The average Bonchev–Trinajstić information content (AvgIpc) is 3.15. The van der Waals surface area contributed by atoms with Gasteiger partial charge >= 0.3 is 0 Å².